The maximum atomic E-state index is 12.4. The van der Waals surface area contributed by atoms with Crippen molar-refractivity contribution in [2.45, 2.75) is 10.1 Å². The van der Waals surface area contributed by atoms with E-state index in [4.69, 9.17) is 11.6 Å². The highest BCUT2D eigenvalue weighted by atomic mass is 35.5. The van der Waals surface area contributed by atoms with Gasteiger partial charge in [-0.15, -0.1) is 10.2 Å². The Morgan fingerprint density at radius 2 is 1.96 bits per heavy atom. The second-order valence-electron chi connectivity index (χ2n) is 5.36. The third-order valence-corrected chi connectivity index (χ3v) is 5.88. The van der Waals surface area contributed by atoms with E-state index in [-0.39, 0.29) is 5.91 Å². The number of nitrogens with zero attached hydrogens (tertiary/aromatic N) is 3. The van der Waals surface area contributed by atoms with Crippen molar-refractivity contribution in [3.8, 4) is 0 Å². The minimum Gasteiger partial charge on any atom is -0.295 e. The zero-order valence-corrected chi connectivity index (χ0v) is 15.7. The number of para-hydroxylation sites is 1. The van der Waals surface area contributed by atoms with E-state index < -0.39 is 0 Å². The molecule has 0 aliphatic rings. The van der Waals surface area contributed by atoms with E-state index in [1.807, 2.05) is 48.5 Å². The van der Waals surface area contributed by atoms with Gasteiger partial charge in [0.25, 0.3) is 5.91 Å². The second-order valence-corrected chi connectivity index (χ2v) is 8.00. The summed E-state index contributed by atoms with van der Waals surface area (Å²) in [6, 6.07) is 15.1. The molecule has 0 unspecified atom stereocenters. The molecule has 0 saturated heterocycles. The number of rotatable bonds is 5. The number of carbonyl (C=O) groups excluding carboxylic acids is 1. The van der Waals surface area contributed by atoms with Crippen molar-refractivity contribution in [3.63, 3.8) is 0 Å². The normalized spacial score (nSPS) is 11.0. The van der Waals surface area contributed by atoms with Gasteiger partial charge in [-0.3, -0.25) is 15.2 Å². The topological polar surface area (TPSA) is 83.6 Å². The number of aromatic amines is 1. The van der Waals surface area contributed by atoms with Crippen LogP contribution in [0.5, 0.6) is 0 Å². The number of thioether (sulfide) groups is 1. The molecule has 2 heterocycles. The van der Waals surface area contributed by atoms with Crippen LogP contribution in [0.3, 0.4) is 0 Å². The number of hydrogen-bond donors (Lipinski definition) is 2. The van der Waals surface area contributed by atoms with E-state index in [0.717, 1.165) is 26.6 Å². The quantitative estimate of drug-likeness (QED) is 0.376. The Balaban J connectivity index is 1.41. The summed E-state index contributed by atoms with van der Waals surface area (Å²) in [6.45, 7) is 0. The molecular formula is C17H12ClN5OS2. The molecule has 0 fully saturated rings. The minimum atomic E-state index is -0.312. The molecule has 0 bridgehead atoms. The summed E-state index contributed by atoms with van der Waals surface area (Å²) in [5.74, 6) is 0.442. The van der Waals surface area contributed by atoms with Gasteiger partial charge in [0.1, 0.15) is 0 Å². The molecule has 2 aromatic heterocycles. The van der Waals surface area contributed by atoms with Crippen LogP contribution >= 0.6 is 34.7 Å². The lowest BCUT2D eigenvalue weighted by Crippen LogP contribution is -2.12. The van der Waals surface area contributed by atoms with Crippen molar-refractivity contribution < 1.29 is 4.79 Å². The first-order valence-corrected chi connectivity index (χ1v) is 9.82. The van der Waals surface area contributed by atoms with Crippen molar-refractivity contribution in [1.29, 1.82) is 0 Å². The molecule has 0 spiro atoms. The third kappa shape index (κ3) is 3.72. The van der Waals surface area contributed by atoms with E-state index in [1.165, 1.54) is 11.3 Å². The summed E-state index contributed by atoms with van der Waals surface area (Å²) in [6.07, 6.45) is 0. The van der Waals surface area contributed by atoms with Crippen LogP contribution in [-0.2, 0) is 5.75 Å². The molecule has 130 valence electrons. The van der Waals surface area contributed by atoms with Gasteiger partial charge in [0, 0.05) is 16.2 Å². The van der Waals surface area contributed by atoms with Gasteiger partial charge in [0.05, 0.1) is 5.52 Å². The Bertz CT molecular complexity index is 1060. The Morgan fingerprint density at radius 3 is 2.81 bits per heavy atom. The number of amides is 1. The van der Waals surface area contributed by atoms with Crippen LogP contribution < -0.4 is 5.32 Å². The molecule has 26 heavy (non-hydrogen) atoms. The lowest BCUT2D eigenvalue weighted by Gasteiger charge is -1.99. The van der Waals surface area contributed by atoms with Gasteiger partial charge in [-0.05, 0) is 23.8 Å². The summed E-state index contributed by atoms with van der Waals surface area (Å²) < 4.78 is 0.780. The molecule has 2 N–H and O–H groups in total. The highest BCUT2D eigenvalue weighted by molar-refractivity contribution is 8.00. The Morgan fingerprint density at radius 1 is 1.15 bits per heavy atom. The molecule has 4 rings (SSSR count). The van der Waals surface area contributed by atoms with E-state index in [1.54, 1.807) is 11.8 Å². The summed E-state index contributed by atoms with van der Waals surface area (Å²) >= 11 is 8.77. The van der Waals surface area contributed by atoms with Crippen LogP contribution in [-0.4, -0.2) is 26.3 Å². The van der Waals surface area contributed by atoms with E-state index in [2.05, 4.69) is 25.7 Å². The van der Waals surface area contributed by atoms with Crippen LogP contribution in [0.25, 0.3) is 10.9 Å². The number of benzene rings is 2. The predicted octanol–water partition coefficient (Wildman–Crippen LogP) is 4.61. The zero-order chi connectivity index (χ0) is 17.9. The van der Waals surface area contributed by atoms with E-state index in [9.17, 15) is 4.79 Å². The maximum absolute atomic E-state index is 12.4. The Kier molecular flexibility index (Phi) is 4.87. The fraction of sp³-hybridized carbons (Fsp3) is 0.0588. The number of carbonyl (C=O) groups is 1. The van der Waals surface area contributed by atoms with Crippen LogP contribution in [0.2, 0.25) is 5.02 Å². The van der Waals surface area contributed by atoms with Gasteiger partial charge < -0.3 is 0 Å². The number of hydrogen-bond acceptors (Lipinski definition) is 6. The molecule has 0 radical (unpaired) electrons. The molecule has 0 aliphatic heterocycles. The van der Waals surface area contributed by atoms with Gasteiger partial charge in [-0.2, -0.15) is 5.10 Å². The highest BCUT2D eigenvalue weighted by Gasteiger charge is 2.16. The molecule has 4 aromatic rings. The second kappa shape index (κ2) is 7.45. The smallest absolute Gasteiger partial charge is 0.278 e. The summed E-state index contributed by atoms with van der Waals surface area (Å²) in [7, 11) is 0. The SMILES string of the molecule is O=C(Nc1nnc(SCc2ccc(Cl)cc2)s1)c1n[nH]c2ccccc12. The molecule has 0 aliphatic carbocycles. The van der Waals surface area contributed by atoms with Gasteiger partial charge in [0.15, 0.2) is 10.0 Å². The summed E-state index contributed by atoms with van der Waals surface area (Å²) in [4.78, 5) is 12.4. The fourth-order valence-corrected chi connectivity index (χ4v) is 4.17. The maximum Gasteiger partial charge on any atom is 0.278 e. The van der Waals surface area contributed by atoms with Gasteiger partial charge in [-0.1, -0.05) is 65.0 Å². The molecule has 0 saturated carbocycles. The molecule has 2 aromatic carbocycles. The molecule has 1 amide bonds. The number of fused-ring (bicyclic) bond motifs is 1. The average molecular weight is 402 g/mol. The largest absolute Gasteiger partial charge is 0.295 e. The average Bonchev–Trinajstić information content (AvgIpc) is 3.28. The Labute approximate surface area is 162 Å². The number of nitrogens with one attached hydrogen (secondary N) is 2. The predicted molar refractivity (Wildman–Crippen MR) is 105 cm³/mol. The van der Waals surface area contributed by atoms with Crippen molar-refractivity contribution in [2.75, 3.05) is 5.32 Å². The lowest BCUT2D eigenvalue weighted by atomic mass is 10.2. The van der Waals surface area contributed by atoms with E-state index in [0.29, 0.717) is 15.8 Å². The fourth-order valence-electron chi connectivity index (χ4n) is 2.34. The zero-order valence-electron chi connectivity index (χ0n) is 13.3. The first-order chi connectivity index (χ1) is 12.7. The van der Waals surface area contributed by atoms with Crippen molar-refractivity contribution >= 4 is 56.6 Å². The first-order valence-electron chi connectivity index (χ1n) is 7.64. The first kappa shape index (κ1) is 17.0. The molecule has 6 nitrogen and oxygen atoms in total. The van der Waals surface area contributed by atoms with Gasteiger partial charge >= 0.3 is 0 Å². The lowest BCUT2D eigenvalue weighted by molar-refractivity contribution is 0.102. The van der Waals surface area contributed by atoms with Crippen LogP contribution in [0.4, 0.5) is 5.13 Å². The third-order valence-electron chi connectivity index (χ3n) is 3.59. The van der Waals surface area contributed by atoms with Crippen LogP contribution in [0.1, 0.15) is 16.1 Å². The van der Waals surface area contributed by atoms with Gasteiger partial charge in [-0.25, -0.2) is 0 Å². The minimum absolute atomic E-state index is 0.312. The van der Waals surface area contributed by atoms with E-state index >= 15 is 0 Å². The highest BCUT2D eigenvalue weighted by Crippen LogP contribution is 2.29. The van der Waals surface area contributed by atoms with Crippen molar-refractivity contribution in [1.82, 2.24) is 20.4 Å². The summed E-state index contributed by atoms with van der Waals surface area (Å²) in [5.41, 5.74) is 2.29. The number of H-pyrrole nitrogens is 1. The molecular weight excluding hydrogens is 390 g/mol. The number of halogens is 1. The summed E-state index contributed by atoms with van der Waals surface area (Å²) in [5, 5.41) is 19.8. The number of aromatic nitrogens is 4. The Hall–Kier alpha value is -2.42. The standard InChI is InChI=1S/C17H12ClN5OS2/c18-11-7-5-10(6-8-11)9-25-17-23-22-16(26-17)19-15(24)14-12-3-1-2-4-13(12)20-21-14/h1-8H,9H2,(H,20,21)(H,19,22,24). The van der Waals surface area contributed by atoms with Gasteiger partial charge in [0.2, 0.25) is 5.13 Å². The van der Waals surface area contributed by atoms with Crippen molar-refractivity contribution in [2.24, 2.45) is 0 Å². The molecule has 9 heteroatoms. The number of anilines is 1. The van der Waals surface area contributed by atoms with Crippen LogP contribution in [0.15, 0.2) is 52.9 Å². The monoisotopic (exact) mass is 401 g/mol. The molecule has 0 atom stereocenters. The van der Waals surface area contributed by atoms with Crippen molar-refractivity contribution in [3.05, 3.63) is 64.8 Å². The van der Waals surface area contributed by atoms with Crippen LogP contribution in [0, 0.1) is 0 Å².